The number of rotatable bonds is 3. The first kappa shape index (κ1) is 16.5. The van der Waals surface area contributed by atoms with Crippen LogP contribution in [0.4, 0.5) is 13.2 Å². The highest BCUT2D eigenvalue weighted by molar-refractivity contribution is 5.85. The van der Waals surface area contributed by atoms with Crippen LogP contribution in [0.5, 0.6) is 0 Å². The van der Waals surface area contributed by atoms with Crippen LogP contribution in [0, 0.1) is 5.92 Å². The molecule has 0 saturated carbocycles. The molecule has 1 saturated heterocycles. The molecule has 1 fully saturated rings. The molecule has 17 heavy (non-hydrogen) atoms. The largest absolute Gasteiger partial charge is 0.397 e. The SMILES string of the molecule is CNCC1CCCN(C(=O)CC(F)(F)F)C1.Cl. The van der Waals surface area contributed by atoms with Gasteiger partial charge in [-0.3, -0.25) is 4.79 Å². The summed E-state index contributed by atoms with van der Waals surface area (Å²) in [6.07, 6.45) is -3.97. The fourth-order valence-corrected chi connectivity index (χ4v) is 2.03. The predicted molar refractivity (Wildman–Crippen MR) is 61.2 cm³/mol. The lowest BCUT2D eigenvalue weighted by Gasteiger charge is -2.33. The van der Waals surface area contributed by atoms with E-state index in [9.17, 15) is 18.0 Å². The molecule has 0 aromatic rings. The van der Waals surface area contributed by atoms with Crippen LogP contribution in [0.15, 0.2) is 0 Å². The Balaban J connectivity index is 0.00000256. The molecule has 1 unspecified atom stereocenters. The second-order valence-electron chi connectivity index (χ2n) is 4.20. The van der Waals surface area contributed by atoms with Crippen molar-refractivity contribution in [3.63, 3.8) is 0 Å². The highest BCUT2D eigenvalue weighted by Crippen LogP contribution is 2.23. The Labute approximate surface area is 105 Å². The van der Waals surface area contributed by atoms with Crippen LogP contribution in [0.3, 0.4) is 0 Å². The molecule has 0 aromatic heterocycles. The molecule has 0 bridgehead atoms. The lowest BCUT2D eigenvalue weighted by Crippen LogP contribution is -2.43. The van der Waals surface area contributed by atoms with E-state index in [1.807, 2.05) is 0 Å². The normalized spacial score (nSPS) is 20.9. The fourth-order valence-electron chi connectivity index (χ4n) is 2.03. The average Bonchev–Trinajstić information content (AvgIpc) is 2.16. The quantitative estimate of drug-likeness (QED) is 0.851. The first-order valence-electron chi connectivity index (χ1n) is 5.41. The summed E-state index contributed by atoms with van der Waals surface area (Å²) in [6.45, 7) is 1.64. The molecular weight excluding hydrogens is 257 g/mol. The molecule has 0 radical (unpaired) electrons. The number of likely N-dealkylation sites (tertiary alicyclic amines) is 1. The van der Waals surface area contributed by atoms with Crippen molar-refractivity contribution < 1.29 is 18.0 Å². The maximum atomic E-state index is 12.0. The van der Waals surface area contributed by atoms with Gasteiger partial charge in [-0.1, -0.05) is 0 Å². The smallest absolute Gasteiger partial charge is 0.342 e. The molecule has 1 heterocycles. The van der Waals surface area contributed by atoms with Crippen molar-refractivity contribution in [1.82, 2.24) is 10.2 Å². The molecule has 1 rings (SSSR count). The molecule has 1 N–H and O–H groups in total. The molecule has 1 atom stereocenters. The number of carbonyl (C=O) groups is 1. The molecule has 7 heteroatoms. The van der Waals surface area contributed by atoms with Gasteiger partial charge in [0.25, 0.3) is 0 Å². The van der Waals surface area contributed by atoms with Crippen molar-refractivity contribution in [3.8, 4) is 0 Å². The topological polar surface area (TPSA) is 32.3 Å². The summed E-state index contributed by atoms with van der Waals surface area (Å²) in [6, 6.07) is 0. The number of nitrogens with one attached hydrogen (secondary N) is 1. The van der Waals surface area contributed by atoms with Crippen molar-refractivity contribution in [1.29, 1.82) is 0 Å². The monoisotopic (exact) mass is 274 g/mol. The van der Waals surface area contributed by atoms with Gasteiger partial charge >= 0.3 is 6.18 Å². The van der Waals surface area contributed by atoms with Crippen LogP contribution in [0.2, 0.25) is 0 Å². The van der Waals surface area contributed by atoms with Gasteiger partial charge in [-0.05, 0) is 32.4 Å². The molecular formula is C10H18ClF3N2O. The molecule has 0 spiro atoms. The Hall–Kier alpha value is -0.490. The van der Waals surface area contributed by atoms with Gasteiger partial charge in [0.05, 0.1) is 0 Å². The number of carbonyl (C=O) groups excluding carboxylic acids is 1. The Morgan fingerprint density at radius 1 is 1.47 bits per heavy atom. The van der Waals surface area contributed by atoms with Crippen LogP contribution >= 0.6 is 12.4 Å². The molecule has 1 amide bonds. The van der Waals surface area contributed by atoms with E-state index in [0.29, 0.717) is 13.1 Å². The van der Waals surface area contributed by atoms with E-state index in [2.05, 4.69) is 5.32 Å². The van der Waals surface area contributed by atoms with E-state index < -0.39 is 18.5 Å². The standard InChI is InChI=1S/C10H17F3N2O.ClH/c1-14-6-8-3-2-4-15(7-8)9(16)5-10(11,12)13;/h8,14H,2-7H2,1H3;1H. The van der Waals surface area contributed by atoms with Gasteiger partial charge < -0.3 is 10.2 Å². The van der Waals surface area contributed by atoms with Crippen LogP contribution in [0.25, 0.3) is 0 Å². The minimum absolute atomic E-state index is 0. The summed E-state index contributed by atoms with van der Waals surface area (Å²) in [5, 5.41) is 2.98. The number of hydrogen-bond acceptors (Lipinski definition) is 2. The first-order chi connectivity index (χ1) is 7.42. The van der Waals surface area contributed by atoms with Crippen molar-refractivity contribution in [2.75, 3.05) is 26.7 Å². The van der Waals surface area contributed by atoms with Crippen molar-refractivity contribution >= 4 is 18.3 Å². The van der Waals surface area contributed by atoms with Gasteiger partial charge in [-0.2, -0.15) is 13.2 Å². The highest BCUT2D eigenvalue weighted by atomic mass is 35.5. The number of alkyl halides is 3. The van der Waals surface area contributed by atoms with Gasteiger partial charge in [-0.25, -0.2) is 0 Å². The second kappa shape index (κ2) is 7.06. The van der Waals surface area contributed by atoms with Crippen molar-refractivity contribution in [3.05, 3.63) is 0 Å². The maximum absolute atomic E-state index is 12.0. The number of nitrogens with zero attached hydrogens (tertiary/aromatic N) is 1. The zero-order valence-electron chi connectivity index (χ0n) is 9.72. The van der Waals surface area contributed by atoms with Crippen molar-refractivity contribution in [2.24, 2.45) is 5.92 Å². The highest BCUT2D eigenvalue weighted by Gasteiger charge is 2.34. The third-order valence-electron chi connectivity index (χ3n) is 2.72. The second-order valence-corrected chi connectivity index (χ2v) is 4.20. The summed E-state index contributed by atoms with van der Waals surface area (Å²) >= 11 is 0. The van der Waals surface area contributed by atoms with Gasteiger partial charge in [0.2, 0.25) is 5.91 Å². The Morgan fingerprint density at radius 3 is 2.65 bits per heavy atom. The number of halogens is 4. The summed E-state index contributed by atoms with van der Waals surface area (Å²) in [4.78, 5) is 12.7. The van der Waals surface area contributed by atoms with Gasteiger partial charge in [-0.15, -0.1) is 12.4 Å². The minimum Gasteiger partial charge on any atom is -0.342 e. The van der Waals surface area contributed by atoms with Gasteiger partial charge in [0.1, 0.15) is 6.42 Å². The maximum Gasteiger partial charge on any atom is 0.397 e. The van der Waals surface area contributed by atoms with Crippen LogP contribution in [0.1, 0.15) is 19.3 Å². The van der Waals surface area contributed by atoms with Crippen molar-refractivity contribution in [2.45, 2.75) is 25.4 Å². The van der Waals surface area contributed by atoms with E-state index in [0.717, 1.165) is 19.4 Å². The molecule has 102 valence electrons. The summed E-state index contributed by atoms with van der Waals surface area (Å²) in [7, 11) is 1.80. The lowest BCUT2D eigenvalue weighted by atomic mass is 9.98. The minimum atomic E-state index is -4.40. The molecule has 0 aromatic carbocycles. The third kappa shape index (κ3) is 6.12. The fraction of sp³-hybridized carbons (Fsp3) is 0.900. The summed E-state index contributed by atoms with van der Waals surface area (Å²) in [5.74, 6) is -0.524. The van der Waals surface area contributed by atoms with Gasteiger partial charge in [0.15, 0.2) is 0 Å². The zero-order chi connectivity index (χ0) is 12.2. The Kier molecular flexibility index (Phi) is 6.85. The number of piperidine rings is 1. The van der Waals surface area contributed by atoms with E-state index in [-0.39, 0.29) is 18.3 Å². The number of amides is 1. The van der Waals surface area contributed by atoms with Crippen LogP contribution in [-0.2, 0) is 4.79 Å². The molecule has 0 aliphatic carbocycles. The average molecular weight is 275 g/mol. The van der Waals surface area contributed by atoms with E-state index in [1.54, 1.807) is 7.05 Å². The van der Waals surface area contributed by atoms with E-state index in [4.69, 9.17) is 0 Å². The predicted octanol–water partition coefficient (Wildman–Crippen LogP) is 1.82. The van der Waals surface area contributed by atoms with E-state index in [1.165, 1.54) is 4.90 Å². The molecule has 1 aliphatic heterocycles. The molecule has 1 aliphatic rings. The van der Waals surface area contributed by atoms with Gasteiger partial charge in [0, 0.05) is 13.1 Å². The van der Waals surface area contributed by atoms with Crippen LogP contribution in [-0.4, -0.2) is 43.7 Å². The molecule has 3 nitrogen and oxygen atoms in total. The van der Waals surface area contributed by atoms with E-state index >= 15 is 0 Å². The first-order valence-corrected chi connectivity index (χ1v) is 5.41. The Morgan fingerprint density at radius 2 is 2.12 bits per heavy atom. The third-order valence-corrected chi connectivity index (χ3v) is 2.72. The zero-order valence-corrected chi connectivity index (χ0v) is 10.5. The Bertz CT molecular complexity index is 246. The van der Waals surface area contributed by atoms with Crippen LogP contribution < -0.4 is 5.32 Å². The number of hydrogen-bond donors (Lipinski definition) is 1. The summed E-state index contributed by atoms with van der Waals surface area (Å²) in [5.41, 5.74) is 0. The summed E-state index contributed by atoms with van der Waals surface area (Å²) < 4.78 is 36.1. The lowest BCUT2D eigenvalue weighted by molar-refractivity contribution is -0.162.